The first-order valence-corrected chi connectivity index (χ1v) is 5.11. The van der Waals surface area contributed by atoms with Crippen molar-refractivity contribution in [1.29, 1.82) is 0 Å². The molecule has 0 aromatic carbocycles. The lowest BCUT2D eigenvalue weighted by atomic mass is 10.3. The van der Waals surface area contributed by atoms with Crippen LogP contribution in [0.1, 0.15) is 12.6 Å². The van der Waals surface area contributed by atoms with Crippen LogP contribution in [0.15, 0.2) is 18.5 Å². The lowest BCUT2D eigenvalue weighted by Gasteiger charge is -1.98. The van der Waals surface area contributed by atoms with Gasteiger partial charge in [-0.2, -0.15) is 5.10 Å². The molecular formula is C10H11ClN4. The average Bonchev–Trinajstić information content (AvgIpc) is 2.64. The van der Waals surface area contributed by atoms with Crippen LogP contribution in [0.5, 0.6) is 0 Å². The van der Waals surface area contributed by atoms with Crippen LogP contribution in [0.2, 0.25) is 5.15 Å². The lowest BCUT2D eigenvalue weighted by molar-refractivity contribution is 0.660. The fourth-order valence-corrected chi connectivity index (χ4v) is 1.55. The quantitative estimate of drug-likeness (QED) is 0.733. The Morgan fingerprint density at radius 2 is 2.20 bits per heavy atom. The molecule has 0 aliphatic heterocycles. The molecule has 0 amide bonds. The molecule has 0 aliphatic rings. The molecule has 0 N–H and O–H groups in total. The van der Waals surface area contributed by atoms with Crippen molar-refractivity contribution in [2.45, 2.75) is 20.4 Å². The van der Waals surface area contributed by atoms with Gasteiger partial charge in [0.15, 0.2) is 5.82 Å². The zero-order chi connectivity index (χ0) is 10.8. The molecule has 0 saturated carbocycles. The predicted molar refractivity (Wildman–Crippen MR) is 58.7 cm³/mol. The van der Waals surface area contributed by atoms with E-state index in [1.54, 1.807) is 12.3 Å². The van der Waals surface area contributed by atoms with Crippen LogP contribution < -0.4 is 0 Å². The molecule has 2 heterocycles. The number of aromatic nitrogens is 4. The molecule has 0 bridgehead atoms. The van der Waals surface area contributed by atoms with Crippen molar-refractivity contribution in [2.24, 2.45) is 0 Å². The Kier molecular flexibility index (Phi) is 2.68. The summed E-state index contributed by atoms with van der Waals surface area (Å²) in [6, 6.07) is 1.73. The number of nitrogens with zero attached hydrogens (tertiary/aromatic N) is 4. The topological polar surface area (TPSA) is 43.6 Å². The summed E-state index contributed by atoms with van der Waals surface area (Å²) in [5.41, 5.74) is 1.75. The van der Waals surface area contributed by atoms with E-state index in [1.807, 2.05) is 24.7 Å². The second kappa shape index (κ2) is 3.98. The molecule has 2 rings (SSSR count). The molecule has 0 fully saturated rings. The minimum atomic E-state index is 0.460. The summed E-state index contributed by atoms with van der Waals surface area (Å²) in [5, 5.41) is 4.62. The number of aryl methyl sites for hydroxylation is 2. The van der Waals surface area contributed by atoms with Crippen LogP contribution in [-0.4, -0.2) is 19.7 Å². The summed E-state index contributed by atoms with van der Waals surface area (Å²) in [6.45, 7) is 4.75. The van der Waals surface area contributed by atoms with Crippen molar-refractivity contribution < 1.29 is 0 Å². The van der Waals surface area contributed by atoms with Gasteiger partial charge in [0.2, 0.25) is 0 Å². The van der Waals surface area contributed by atoms with Crippen LogP contribution in [0, 0.1) is 6.92 Å². The SMILES string of the molecule is CCn1cc(-c2nc(C)cc(Cl)n2)cn1. The average molecular weight is 223 g/mol. The molecule has 0 radical (unpaired) electrons. The van der Waals surface area contributed by atoms with E-state index < -0.39 is 0 Å². The Morgan fingerprint density at radius 3 is 2.80 bits per heavy atom. The zero-order valence-corrected chi connectivity index (χ0v) is 9.36. The van der Waals surface area contributed by atoms with Gasteiger partial charge in [-0.15, -0.1) is 0 Å². The Labute approximate surface area is 92.9 Å². The molecule has 0 saturated heterocycles. The molecule has 2 aromatic rings. The van der Waals surface area contributed by atoms with Crippen molar-refractivity contribution in [3.63, 3.8) is 0 Å². The van der Waals surface area contributed by atoms with Gasteiger partial charge in [0, 0.05) is 18.4 Å². The summed E-state index contributed by atoms with van der Waals surface area (Å²) in [5.74, 6) is 0.625. The molecule has 0 atom stereocenters. The normalized spacial score (nSPS) is 10.6. The molecule has 78 valence electrons. The van der Waals surface area contributed by atoms with Gasteiger partial charge in [-0.05, 0) is 19.9 Å². The van der Waals surface area contributed by atoms with Gasteiger partial charge < -0.3 is 0 Å². The van der Waals surface area contributed by atoms with Gasteiger partial charge in [0.25, 0.3) is 0 Å². The molecule has 4 nitrogen and oxygen atoms in total. The Morgan fingerprint density at radius 1 is 1.40 bits per heavy atom. The first-order chi connectivity index (χ1) is 7.19. The van der Waals surface area contributed by atoms with E-state index in [0.29, 0.717) is 11.0 Å². The molecular weight excluding hydrogens is 212 g/mol. The maximum Gasteiger partial charge on any atom is 0.164 e. The maximum atomic E-state index is 5.86. The smallest absolute Gasteiger partial charge is 0.164 e. The van der Waals surface area contributed by atoms with E-state index in [1.165, 1.54) is 0 Å². The highest BCUT2D eigenvalue weighted by Crippen LogP contribution is 2.16. The summed E-state index contributed by atoms with van der Waals surface area (Å²) in [6.07, 6.45) is 3.65. The van der Waals surface area contributed by atoms with Gasteiger partial charge in [-0.1, -0.05) is 11.6 Å². The van der Waals surface area contributed by atoms with E-state index >= 15 is 0 Å². The fraction of sp³-hybridized carbons (Fsp3) is 0.300. The molecule has 0 spiro atoms. The van der Waals surface area contributed by atoms with Crippen molar-refractivity contribution in [3.05, 3.63) is 29.3 Å². The van der Waals surface area contributed by atoms with E-state index in [9.17, 15) is 0 Å². The van der Waals surface area contributed by atoms with Crippen LogP contribution in [0.3, 0.4) is 0 Å². The predicted octanol–water partition coefficient (Wildman–Crippen LogP) is 2.32. The minimum absolute atomic E-state index is 0.460. The summed E-state index contributed by atoms with van der Waals surface area (Å²) >= 11 is 5.86. The molecule has 2 aromatic heterocycles. The highest BCUT2D eigenvalue weighted by molar-refractivity contribution is 6.29. The monoisotopic (exact) mass is 222 g/mol. The highest BCUT2D eigenvalue weighted by Gasteiger charge is 2.05. The van der Waals surface area contributed by atoms with E-state index in [-0.39, 0.29) is 0 Å². The van der Waals surface area contributed by atoms with Crippen LogP contribution >= 0.6 is 11.6 Å². The molecule has 5 heteroatoms. The number of hydrogen-bond acceptors (Lipinski definition) is 3. The van der Waals surface area contributed by atoms with Crippen molar-refractivity contribution in [3.8, 4) is 11.4 Å². The van der Waals surface area contributed by atoms with Crippen molar-refractivity contribution in [2.75, 3.05) is 0 Å². The largest absolute Gasteiger partial charge is 0.272 e. The number of rotatable bonds is 2. The lowest BCUT2D eigenvalue weighted by Crippen LogP contribution is -1.93. The maximum absolute atomic E-state index is 5.86. The van der Waals surface area contributed by atoms with Gasteiger partial charge in [0.1, 0.15) is 5.15 Å². The van der Waals surface area contributed by atoms with Gasteiger partial charge in [0.05, 0.1) is 11.8 Å². The van der Waals surface area contributed by atoms with Crippen molar-refractivity contribution >= 4 is 11.6 Å². The summed E-state index contributed by atoms with van der Waals surface area (Å²) in [7, 11) is 0. The van der Waals surface area contributed by atoms with E-state index in [2.05, 4.69) is 15.1 Å². The van der Waals surface area contributed by atoms with Crippen molar-refractivity contribution in [1.82, 2.24) is 19.7 Å². The van der Waals surface area contributed by atoms with E-state index in [4.69, 9.17) is 11.6 Å². The van der Waals surface area contributed by atoms with Crippen LogP contribution in [0.25, 0.3) is 11.4 Å². The Balaban J connectivity index is 2.44. The third-order valence-corrected chi connectivity index (χ3v) is 2.23. The number of halogens is 1. The fourth-order valence-electron chi connectivity index (χ4n) is 1.31. The molecule has 15 heavy (non-hydrogen) atoms. The minimum Gasteiger partial charge on any atom is -0.272 e. The second-order valence-electron chi connectivity index (χ2n) is 3.24. The molecule has 0 aliphatic carbocycles. The zero-order valence-electron chi connectivity index (χ0n) is 8.61. The standard InChI is InChI=1S/C10H11ClN4/c1-3-15-6-8(5-12-15)10-13-7(2)4-9(11)14-10/h4-6H,3H2,1-2H3. The van der Waals surface area contributed by atoms with Gasteiger partial charge in [-0.25, -0.2) is 9.97 Å². The van der Waals surface area contributed by atoms with Gasteiger partial charge >= 0.3 is 0 Å². The first kappa shape index (κ1) is 10.1. The first-order valence-electron chi connectivity index (χ1n) is 4.73. The summed E-state index contributed by atoms with van der Waals surface area (Å²) in [4.78, 5) is 8.46. The number of hydrogen-bond donors (Lipinski definition) is 0. The Hall–Kier alpha value is -1.42. The van der Waals surface area contributed by atoms with Gasteiger partial charge in [-0.3, -0.25) is 4.68 Å². The highest BCUT2D eigenvalue weighted by atomic mass is 35.5. The van der Waals surface area contributed by atoms with Crippen LogP contribution in [-0.2, 0) is 6.54 Å². The van der Waals surface area contributed by atoms with E-state index in [0.717, 1.165) is 17.8 Å². The third-order valence-electron chi connectivity index (χ3n) is 2.04. The molecule has 0 unspecified atom stereocenters. The van der Waals surface area contributed by atoms with Crippen LogP contribution in [0.4, 0.5) is 0 Å². The Bertz CT molecular complexity index is 458. The summed E-state index contributed by atoms with van der Waals surface area (Å²) < 4.78 is 1.83. The third kappa shape index (κ3) is 2.15. The second-order valence-corrected chi connectivity index (χ2v) is 3.63.